The predicted molar refractivity (Wildman–Crippen MR) is 132 cm³/mol. The number of ether oxygens (including phenoxy) is 1. The molecule has 0 unspecified atom stereocenters. The highest BCUT2D eigenvalue weighted by molar-refractivity contribution is 6.31. The van der Waals surface area contributed by atoms with E-state index in [1.165, 1.54) is 0 Å². The fourth-order valence-electron chi connectivity index (χ4n) is 4.37. The maximum absolute atomic E-state index is 13.6. The van der Waals surface area contributed by atoms with Gasteiger partial charge in [0.05, 0.1) is 7.11 Å². The first-order valence-electron chi connectivity index (χ1n) is 11.2. The van der Waals surface area contributed by atoms with Gasteiger partial charge in [-0.3, -0.25) is 9.69 Å². The number of piperidine rings is 1. The number of nitrogens with zero attached hydrogens (tertiary/aromatic N) is 2. The number of phenols is 1. The van der Waals surface area contributed by atoms with Gasteiger partial charge in [0.1, 0.15) is 0 Å². The van der Waals surface area contributed by atoms with Crippen molar-refractivity contribution in [3.63, 3.8) is 0 Å². The molecule has 1 fully saturated rings. The average molecular weight is 465 g/mol. The zero-order chi connectivity index (χ0) is 23.4. The van der Waals surface area contributed by atoms with Crippen LogP contribution in [-0.2, 0) is 6.54 Å². The molecule has 1 aliphatic heterocycles. The Morgan fingerprint density at radius 2 is 1.82 bits per heavy atom. The molecule has 1 N–H and O–H groups in total. The van der Waals surface area contributed by atoms with E-state index in [1.807, 2.05) is 60.4 Å². The molecule has 6 heteroatoms. The van der Waals surface area contributed by atoms with Crippen molar-refractivity contribution in [2.45, 2.75) is 32.4 Å². The number of aromatic hydroxyl groups is 1. The number of likely N-dealkylation sites (tertiary alicyclic amines) is 1. The summed E-state index contributed by atoms with van der Waals surface area (Å²) in [7, 11) is 1.56. The Morgan fingerprint density at radius 1 is 1.09 bits per heavy atom. The van der Waals surface area contributed by atoms with Crippen LogP contribution in [0.2, 0.25) is 5.02 Å². The summed E-state index contributed by atoms with van der Waals surface area (Å²) >= 11 is 6.17. The minimum absolute atomic E-state index is 0.0249. The second-order valence-corrected chi connectivity index (χ2v) is 8.97. The topological polar surface area (TPSA) is 53.0 Å². The average Bonchev–Trinajstić information content (AvgIpc) is 2.82. The van der Waals surface area contributed by atoms with Gasteiger partial charge in [0.25, 0.3) is 5.91 Å². The largest absolute Gasteiger partial charge is 0.504 e. The molecule has 0 radical (unpaired) electrons. The molecule has 1 saturated heterocycles. The first-order chi connectivity index (χ1) is 15.9. The van der Waals surface area contributed by atoms with Gasteiger partial charge in [-0.15, -0.1) is 0 Å². The molecule has 5 nitrogen and oxygen atoms in total. The van der Waals surface area contributed by atoms with Crippen molar-refractivity contribution < 1.29 is 14.6 Å². The molecule has 0 aromatic heterocycles. The van der Waals surface area contributed by atoms with E-state index in [4.69, 9.17) is 16.3 Å². The van der Waals surface area contributed by atoms with Crippen molar-refractivity contribution in [1.29, 1.82) is 0 Å². The van der Waals surface area contributed by atoms with E-state index in [1.54, 1.807) is 25.3 Å². The number of carbonyl (C=O) groups excluding carboxylic acids is 1. The number of rotatable bonds is 6. The van der Waals surface area contributed by atoms with Gasteiger partial charge in [-0.2, -0.15) is 0 Å². The van der Waals surface area contributed by atoms with E-state index < -0.39 is 0 Å². The molecule has 0 aliphatic carbocycles. The van der Waals surface area contributed by atoms with Crippen molar-refractivity contribution in [1.82, 2.24) is 4.90 Å². The minimum Gasteiger partial charge on any atom is -0.504 e. The van der Waals surface area contributed by atoms with Crippen LogP contribution in [0.4, 0.5) is 5.69 Å². The standard InChI is InChI=1S/C27H29ClN2O3/c1-19-6-9-23(10-7-19)30(27(32)21-4-3-5-22(28)17-21)24-12-14-29(15-13-24)18-20-8-11-25(31)26(16-20)33-2/h3-11,16-17,24,31H,12-15,18H2,1-2H3. The highest BCUT2D eigenvalue weighted by Crippen LogP contribution is 2.30. The number of carbonyl (C=O) groups is 1. The van der Waals surface area contributed by atoms with E-state index in [-0.39, 0.29) is 17.7 Å². The van der Waals surface area contributed by atoms with Gasteiger partial charge in [-0.05, 0) is 67.8 Å². The lowest BCUT2D eigenvalue weighted by Gasteiger charge is -2.38. The maximum atomic E-state index is 13.6. The quantitative estimate of drug-likeness (QED) is 0.510. The van der Waals surface area contributed by atoms with Gasteiger partial charge in [0.15, 0.2) is 11.5 Å². The summed E-state index contributed by atoms with van der Waals surface area (Å²) in [6, 6.07) is 20.9. The van der Waals surface area contributed by atoms with Crippen molar-refractivity contribution >= 4 is 23.2 Å². The Hall–Kier alpha value is -3.02. The molecule has 0 atom stereocenters. The summed E-state index contributed by atoms with van der Waals surface area (Å²) in [5, 5.41) is 10.4. The smallest absolute Gasteiger partial charge is 0.258 e. The van der Waals surface area contributed by atoms with Crippen LogP contribution in [0.3, 0.4) is 0 Å². The summed E-state index contributed by atoms with van der Waals surface area (Å²) in [6.45, 7) is 4.57. The highest BCUT2D eigenvalue weighted by atomic mass is 35.5. The fraction of sp³-hybridized carbons (Fsp3) is 0.296. The molecule has 0 spiro atoms. The molecule has 0 saturated carbocycles. The molecular formula is C27H29ClN2O3. The van der Waals surface area contributed by atoms with Crippen LogP contribution in [0.1, 0.15) is 34.3 Å². The van der Waals surface area contributed by atoms with Crippen molar-refractivity contribution in [2.24, 2.45) is 0 Å². The monoisotopic (exact) mass is 464 g/mol. The number of amides is 1. The van der Waals surface area contributed by atoms with Crippen molar-refractivity contribution in [3.05, 3.63) is 88.4 Å². The molecule has 1 amide bonds. The van der Waals surface area contributed by atoms with Crippen LogP contribution in [0.25, 0.3) is 0 Å². The van der Waals surface area contributed by atoms with Crippen LogP contribution >= 0.6 is 11.6 Å². The molecule has 1 heterocycles. The predicted octanol–water partition coefficient (Wildman–Crippen LogP) is 5.67. The summed E-state index contributed by atoms with van der Waals surface area (Å²) in [4.78, 5) is 17.9. The summed E-state index contributed by atoms with van der Waals surface area (Å²) < 4.78 is 5.24. The Kier molecular flexibility index (Phi) is 7.21. The lowest BCUT2D eigenvalue weighted by atomic mass is 10.00. The van der Waals surface area contributed by atoms with Gasteiger partial charge < -0.3 is 14.7 Å². The maximum Gasteiger partial charge on any atom is 0.258 e. The van der Waals surface area contributed by atoms with Crippen molar-refractivity contribution in [3.8, 4) is 11.5 Å². The van der Waals surface area contributed by atoms with Gasteiger partial charge in [-0.1, -0.05) is 41.4 Å². The number of methoxy groups -OCH3 is 1. The lowest BCUT2D eigenvalue weighted by Crippen LogP contribution is -2.47. The molecular weight excluding hydrogens is 436 g/mol. The van der Waals surface area contributed by atoms with Crippen LogP contribution in [-0.4, -0.2) is 42.2 Å². The second kappa shape index (κ2) is 10.3. The molecule has 33 heavy (non-hydrogen) atoms. The van der Waals surface area contributed by atoms with Crippen LogP contribution in [0.5, 0.6) is 11.5 Å². The first-order valence-corrected chi connectivity index (χ1v) is 11.6. The SMILES string of the molecule is COc1cc(CN2CCC(N(C(=O)c3cccc(Cl)c3)c3ccc(C)cc3)CC2)ccc1O. The normalized spacial score (nSPS) is 14.8. The molecule has 3 aromatic carbocycles. The highest BCUT2D eigenvalue weighted by Gasteiger charge is 2.30. The zero-order valence-electron chi connectivity index (χ0n) is 19.0. The lowest BCUT2D eigenvalue weighted by molar-refractivity contribution is 0.0958. The minimum atomic E-state index is -0.0249. The molecule has 0 bridgehead atoms. The van der Waals surface area contributed by atoms with E-state index in [9.17, 15) is 9.90 Å². The first kappa shape index (κ1) is 23.1. The molecule has 172 valence electrons. The number of hydrogen-bond acceptors (Lipinski definition) is 4. The zero-order valence-corrected chi connectivity index (χ0v) is 19.8. The number of phenolic OH excluding ortho intramolecular Hbond substituents is 1. The van der Waals surface area contributed by atoms with Crippen LogP contribution in [0.15, 0.2) is 66.7 Å². The summed E-state index contributed by atoms with van der Waals surface area (Å²) in [5.41, 5.74) is 3.76. The molecule has 4 rings (SSSR count). The number of benzene rings is 3. The Labute approximate surface area is 200 Å². The van der Waals surface area contributed by atoms with Crippen LogP contribution < -0.4 is 9.64 Å². The van der Waals surface area contributed by atoms with Gasteiger partial charge in [0, 0.05) is 41.9 Å². The number of hydrogen-bond donors (Lipinski definition) is 1. The summed E-state index contributed by atoms with van der Waals surface area (Å²) in [5.74, 6) is 0.608. The third-order valence-electron chi connectivity index (χ3n) is 6.18. The molecule has 1 aliphatic rings. The molecule has 3 aromatic rings. The van der Waals surface area contributed by atoms with E-state index >= 15 is 0 Å². The third kappa shape index (κ3) is 5.49. The van der Waals surface area contributed by atoms with E-state index in [0.717, 1.165) is 49.3 Å². The summed E-state index contributed by atoms with van der Waals surface area (Å²) in [6.07, 6.45) is 1.74. The third-order valence-corrected chi connectivity index (χ3v) is 6.41. The number of aryl methyl sites for hydroxylation is 1. The Bertz CT molecular complexity index is 1110. The number of anilines is 1. The van der Waals surface area contributed by atoms with Crippen molar-refractivity contribution in [2.75, 3.05) is 25.1 Å². The number of halogens is 1. The Morgan fingerprint density at radius 3 is 2.48 bits per heavy atom. The Balaban J connectivity index is 1.50. The van der Waals surface area contributed by atoms with Gasteiger partial charge in [0.2, 0.25) is 0 Å². The fourth-order valence-corrected chi connectivity index (χ4v) is 4.56. The van der Waals surface area contributed by atoms with Crippen LogP contribution in [0, 0.1) is 6.92 Å². The van der Waals surface area contributed by atoms with Gasteiger partial charge in [-0.25, -0.2) is 0 Å². The van der Waals surface area contributed by atoms with Gasteiger partial charge >= 0.3 is 0 Å². The van der Waals surface area contributed by atoms with E-state index in [0.29, 0.717) is 16.3 Å². The van der Waals surface area contributed by atoms with E-state index in [2.05, 4.69) is 4.90 Å². The second-order valence-electron chi connectivity index (χ2n) is 8.53.